The monoisotopic (exact) mass is 312 g/mol. The van der Waals surface area contributed by atoms with Crippen LogP contribution in [0.15, 0.2) is 34.7 Å². The van der Waals surface area contributed by atoms with Crippen molar-refractivity contribution in [3.05, 3.63) is 58.5 Å². The number of fused-ring (bicyclic) bond motifs is 1. The van der Waals surface area contributed by atoms with Gasteiger partial charge in [-0.2, -0.15) is 0 Å². The lowest BCUT2D eigenvalue weighted by molar-refractivity contribution is 0.1000. The minimum Gasteiger partial charge on any atom is -0.466 e. The van der Waals surface area contributed by atoms with E-state index < -0.39 is 5.91 Å². The highest BCUT2D eigenvalue weighted by Gasteiger charge is 2.34. The molecule has 4 nitrogen and oxygen atoms in total. The topological polar surface area (TPSA) is 68.3 Å². The molecule has 0 saturated heterocycles. The molecule has 2 aromatic rings. The van der Waals surface area contributed by atoms with Crippen molar-refractivity contribution in [1.82, 2.24) is 5.32 Å². The van der Waals surface area contributed by atoms with E-state index in [1.54, 1.807) is 6.07 Å². The third kappa shape index (κ3) is 3.48. The zero-order valence-corrected chi connectivity index (χ0v) is 14.0. The fourth-order valence-corrected chi connectivity index (χ4v) is 3.44. The molecule has 1 unspecified atom stereocenters. The first-order chi connectivity index (χ1) is 10.8. The third-order valence-corrected chi connectivity index (χ3v) is 4.50. The van der Waals surface area contributed by atoms with Crippen LogP contribution in [0.3, 0.4) is 0 Å². The molecule has 1 amide bonds. The molecule has 1 heterocycles. The Morgan fingerprint density at radius 2 is 2.17 bits per heavy atom. The molecule has 0 aliphatic heterocycles. The maximum atomic E-state index is 11.3. The molecule has 0 spiro atoms. The van der Waals surface area contributed by atoms with Crippen molar-refractivity contribution in [2.45, 2.75) is 46.2 Å². The molecule has 23 heavy (non-hydrogen) atoms. The van der Waals surface area contributed by atoms with Crippen LogP contribution in [-0.2, 0) is 13.0 Å². The Labute approximate surface area is 137 Å². The van der Waals surface area contributed by atoms with Gasteiger partial charge in [0.15, 0.2) is 0 Å². The van der Waals surface area contributed by atoms with Gasteiger partial charge < -0.3 is 15.5 Å². The fraction of sp³-hybridized carbons (Fsp3) is 0.421. The van der Waals surface area contributed by atoms with Crippen LogP contribution in [0.4, 0.5) is 0 Å². The number of aryl methyl sites for hydroxylation is 1. The van der Waals surface area contributed by atoms with Gasteiger partial charge in [0.25, 0.3) is 0 Å². The number of nitrogens with one attached hydrogen (secondary N) is 1. The maximum absolute atomic E-state index is 11.3. The summed E-state index contributed by atoms with van der Waals surface area (Å²) in [7, 11) is 0. The second-order valence-electron chi connectivity index (χ2n) is 7.28. The summed E-state index contributed by atoms with van der Waals surface area (Å²) in [6.45, 7) is 7.25. The summed E-state index contributed by atoms with van der Waals surface area (Å²) in [5.41, 5.74) is 8.45. The first-order valence-electron chi connectivity index (χ1n) is 8.05. The highest BCUT2D eigenvalue weighted by molar-refractivity contribution is 5.92. The van der Waals surface area contributed by atoms with Crippen LogP contribution >= 0.6 is 0 Å². The second kappa shape index (κ2) is 5.85. The van der Waals surface area contributed by atoms with Gasteiger partial charge in [0.1, 0.15) is 11.5 Å². The molecule has 3 rings (SSSR count). The number of furan rings is 1. The van der Waals surface area contributed by atoms with Crippen LogP contribution in [0, 0.1) is 12.3 Å². The second-order valence-corrected chi connectivity index (χ2v) is 7.28. The molecule has 0 fully saturated rings. The lowest BCUT2D eigenvalue weighted by Gasteiger charge is -2.35. The summed E-state index contributed by atoms with van der Waals surface area (Å²) in [5, 5.41) is 3.62. The first kappa shape index (κ1) is 15.8. The number of benzene rings is 1. The van der Waals surface area contributed by atoms with E-state index in [0.717, 1.165) is 29.9 Å². The molecule has 3 N–H and O–H groups in total. The van der Waals surface area contributed by atoms with E-state index in [-0.39, 0.29) is 11.5 Å². The van der Waals surface area contributed by atoms with Crippen LogP contribution < -0.4 is 11.1 Å². The molecule has 4 heteroatoms. The number of carbonyl (C=O) groups is 1. The minimum atomic E-state index is -0.390. The molecular weight excluding hydrogens is 288 g/mol. The van der Waals surface area contributed by atoms with Crippen LogP contribution in [0.2, 0.25) is 0 Å². The smallest absolute Gasteiger partial charge is 0.248 e. The number of rotatable bonds is 4. The van der Waals surface area contributed by atoms with Crippen molar-refractivity contribution in [3.8, 4) is 0 Å². The molecule has 0 radical (unpaired) electrons. The zero-order chi connectivity index (χ0) is 16.6. The third-order valence-electron chi connectivity index (χ3n) is 4.50. The van der Waals surface area contributed by atoms with Crippen molar-refractivity contribution in [2.75, 3.05) is 0 Å². The fourth-order valence-electron chi connectivity index (χ4n) is 3.44. The number of carbonyl (C=O) groups excluding carboxylic acids is 1. The highest BCUT2D eigenvalue weighted by atomic mass is 16.3. The van der Waals surface area contributed by atoms with E-state index >= 15 is 0 Å². The molecule has 0 saturated carbocycles. The van der Waals surface area contributed by atoms with Crippen molar-refractivity contribution in [1.29, 1.82) is 0 Å². The molecule has 1 aromatic carbocycles. The van der Waals surface area contributed by atoms with Gasteiger partial charge in [-0.1, -0.05) is 26.0 Å². The lowest BCUT2D eigenvalue weighted by Crippen LogP contribution is -2.32. The Kier molecular flexibility index (Phi) is 4.02. The number of primary amides is 1. The zero-order valence-electron chi connectivity index (χ0n) is 14.0. The van der Waals surface area contributed by atoms with Gasteiger partial charge in [-0.25, -0.2) is 0 Å². The van der Waals surface area contributed by atoms with Gasteiger partial charge in [0.2, 0.25) is 5.91 Å². The van der Waals surface area contributed by atoms with Crippen molar-refractivity contribution < 1.29 is 9.21 Å². The number of hydrogen-bond donors (Lipinski definition) is 2. The molecule has 1 aliphatic rings. The van der Waals surface area contributed by atoms with Crippen molar-refractivity contribution in [3.63, 3.8) is 0 Å². The Morgan fingerprint density at radius 3 is 2.91 bits per heavy atom. The Bertz CT molecular complexity index is 731. The van der Waals surface area contributed by atoms with Crippen LogP contribution in [0.25, 0.3) is 0 Å². The maximum Gasteiger partial charge on any atom is 0.248 e. The van der Waals surface area contributed by atoms with Gasteiger partial charge >= 0.3 is 0 Å². The Balaban J connectivity index is 1.77. The van der Waals surface area contributed by atoms with E-state index in [9.17, 15) is 4.79 Å². The van der Waals surface area contributed by atoms with Crippen molar-refractivity contribution in [2.24, 2.45) is 11.1 Å². The summed E-state index contributed by atoms with van der Waals surface area (Å²) in [4.78, 5) is 11.3. The Hall–Kier alpha value is -2.07. The van der Waals surface area contributed by atoms with Gasteiger partial charge in [-0.3, -0.25) is 4.79 Å². The van der Waals surface area contributed by atoms with E-state index in [1.165, 1.54) is 5.56 Å². The summed E-state index contributed by atoms with van der Waals surface area (Å²) in [6.07, 6.45) is 2.04. The van der Waals surface area contributed by atoms with Gasteiger partial charge in [-0.05, 0) is 42.5 Å². The van der Waals surface area contributed by atoms with Gasteiger partial charge in [0.05, 0.1) is 0 Å². The summed E-state index contributed by atoms with van der Waals surface area (Å²) in [5.74, 6) is 1.68. The summed E-state index contributed by atoms with van der Waals surface area (Å²) < 4.78 is 5.87. The average molecular weight is 312 g/mol. The number of hydrogen-bond acceptors (Lipinski definition) is 3. The normalized spacial score (nSPS) is 19.3. The van der Waals surface area contributed by atoms with E-state index in [4.69, 9.17) is 10.2 Å². The molecular formula is C19H24N2O2. The molecule has 1 aromatic heterocycles. The van der Waals surface area contributed by atoms with Crippen LogP contribution in [-0.4, -0.2) is 5.91 Å². The van der Waals surface area contributed by atoms with Crippen LogP contribution in [0.1, 0.15) is 59.3 Å². The van der Waals surface area contributed by atoms with Crippen molar-refractivity contribution >= 4 is 5.91 Å². The largest absolute Gasteiger partial charge is 0.466 e. The van der Waals surface area contributed by atoms with E-state index in [1.807, 2.05) is 25.1 Å². The van der Waals surface area contributed by atoms with Gasteiger partial charge in [-0.15, -0.1) is 0 Å². The SMILES string of the molecule is Cc1cc2c(o1)CC(C)(C)CC2NCc1cccc(C(N)=O)c1. The molecule has 122 valence electrons. The number of nitrogens with two attached hydrogens (primary N) is 1. The predicted octanol–water partition coefficient (Wildman–Crippen LogP) is 3.49. The first-order valence-corrected chi connectivity index (χ1v) is 8.05. The van der Waals surface area contributed by atoms with Crippen LogP contribution in [0.5, 0.6) is 0 Å². The summed E-state index contributed by atoms with van der Waals surface area (Å²) in [6, 6.07) is 9.88. The lowest BCUT2D eigenvalue weighted by atomic mass is 9.74. The predicted molar refractivity (Wildman–Crippen MR) is 90.1 cm³/mol. The minimum absolute atomic E-state index is 0.212. The number of amides is 1. The average Bonchev–Trinajstić information content (AvgIpc) is 2.84. The van der Waals surface area contributed by atoms with Gasteiger partial charge in [0, 0.05) is 30.1 Å². The molecule has 0 bridgehead atoms. The molecule has 1 aliphatic carbocycles. The standard InChI is InChI=1S/C19H24N2O2/c1-12-7-15-16(9-19(2,3)10-17(15)23-12)21-11-13-5-4-6-14(8-13)18(20)22/h4-8,16,21H,9-11H2,1-3H3,(H2,20,22). The summed E-state index contributed by atoms with van der Waals surface area (Å²) >= 11 is 0. The molecule has 1 atom stereocenters. The van der Waals surface area contributed by atoms with E-state index in [2.05, 4.69) is 25.2 Å². The Morgan fingerprint density at radius 1 is 1.39 bits per heavy atom. The highest BCUT2D eigenvalue weighted by Crippen LogP contribution is 2.42. The quantitative estimate of drug-likeness (QED) is 0.908. The van der Waals surface area contributed by atoms with E-state index in [0.29, 0.717) is 12.1 Å².